The Hall–Kier alpha value is -3.15. The van der Waals surface area contributed by atoms with E-state index >= 15 is 0 Å². The highest BCUT2D eigenvalue weighted by molar-refractivity contribution is 5.95. The standard InChI is InChI=1S/C20H20N2O4/c23-18(12-14-3-7-16(8-4-14)20(25)26)21-13-15-5-9-17(10-6-15)22-11-1-2-19(22)24/h3-10H,1-2,11-13H2,(H,21,23)(H,25,26). The van der Waals surface area contributed by atoms with Gasteiger partial charge in [0.05, 0.1) is 12.0 Å². The number of aromatic carboxylic acids is 1. The van der Waals surface area contributed by atoms with Crippen molar-refractivity contribution >= 4 is 23.5 Å². The molecule has 1 saturated heterocycles. The number of carbonyl (C=O) groups is 3. The Morgan fingerprint density at radius 1 is 1.00 bits per heavy atom. The number of nitrogens with zero attached hydrogens (tertiary/aromatic N) is 1. The van der Waals surface area contributed by atoms with Crippen molar-refractivity contribution in [3.05, 3.63) is 65.2 Å². The second-order valence-corrected chi connectivity index (χ2v) is 6.27. The smallest absolute Gasteiger partial charge is 0.335 e. The van der Waals surface area contributed by atoms with Gasteiger partial charge < -0.3 is 15.3 Å². The normalized spacial score (nSPS) is 13.7. The fraction of sp³-hybridized carbons (Fsp3) is 0.250. The van der Waals surface area contributed by atoms with E-state index in [0.717, 1.165) is 29.8 Å². The third kappa shape index (κ3) is 4.27. The highest BCUT2D eigenvalue weighted by Crippen LogP contribution is 2.21. The summed E-state index contributed by atoms with van der Waals surface area (Å²) in [4.78, 5) is 36.4. The van der Waals surface area contributed by atoms with Crippen LogP contribution in [-0.2, 0) is 22.6 Å². The largest absolute Gasteiger partial charge is 0.478 e. The molecule has 0 spiro atoms. The zero-order chi connectivity index (χ0) is 18.5. The lowest BCUT2D eigenvalue weighted by Gasteiger charge is -2.16. The number of amides is 2. The predicted octanol–water partition coefficient (Wildman–Crippen LogP) is 2.37. The molecule has 0 radical (unpaired) electrons. The highest BCUT2D eigenvalue weighted by atomic mass is 16.4. The minimum Gasteiger partial charge on any atom is -0.478 e. The molecule has 6 nitrogen and oxygen atoms in total. The summed E-state index contributed by atoms with van der Waals surface area (Å²) in [5, 5.41) is 11.7. The number of rotatable bonds is 6. The van der Waals surface area contributed by atoms with Crippen LogP contribution in [0.1, 0.15) is 34.3 Å². The molecule has 0 atom stereocenters. The third-order valence-corrected chi connectivity index (χ3v) is 4.38. The van der Waals surface area contributed by atoms with Crippen LogP contribution in [0.2, 0.25) is 0 Å². The van der Waals surface area contributed by atoms with E-state index in [2.05, 4.69) is 5.32 Å². The van der Waals surface area contributed by atoms with Crippen molar-refractivity contribution in [2.45, 2.75) is 25.8 Å². The Morgan fingerprint density at radius 2 is 1.65 bits per heavy atom. The Balaban J connectivity index is 1.51. The molecule has 1 aliphatic rings. The van der Waals surface area contributed by atoms with Crippen molar-refractivity contribution in [2.75, 3.05) is 11.4 Å². The fourth-order valence-electron chi connectivity index (χ4n) is 2.93. The molecule has 1 aliphatic heterocycles. The number of carboxylic acids is 1. The number of anilines is 1. The first-order valence-corrected chi connectivity index (χ1v) is 8.51. The summed E-state index contributed by atoms with van der Waals surface area (Å²) >= 11 is 0. The summed E-state index contributed by atoms with van der Waals surface area (Å²) in [6.07, 6.45) is 1.69. The number of hydrogen-bond donors (Lipinski definition) is 2. The van der Waals surface area contributed by atoms with Gasteiger partial charge in [0.25, 0.3) is 0 Å². The number of nitrogens with one attached hydrogen (secondary N) is 1. The van der Waals surface area contributed by atoms with E-state index < -0.39 is 5.97 Å². The van der Waals surface area contributed by atoms with Gasteiger partial charge in [-0.3, -0.25) is 9.59 Å². The van der Waals surface area contributed by atoms with Crippen LogP contribution in [0.3, 0.4) is 0 Å². The van der Waals surface area contributed by atoms with Gasteiger partial charge in [0.15, 0.2) is 0 Å². The minimum atomic E-state index is -0.986. The van der Waals surface area contributed by atoms with Crippen molar-refractivity contribution in [3.63, 3.8) is 0 Å². The summed E-state index contributed by atoms with van der Waals surface area (Å²) in [5.41, 5.74) is 2.80. The van der Waals surface area contributed by atoms with Gasteiger partial charge in [-0.15, -0.1) is 0 Å². The van der Waals surface area contributed by atoms with Crippen LogP contribution in [0.5, 0.6) is 0 Å². The maximum atomic E-state index is 12.0. The first-order chi connectivity index (χ1) is 12.5. The lowest BCUT2D eigenvalue weighted by atomic mass is 10.1. The van der Waals surface area contributed by atoms with Gasteiger partial charge in [0.2, 0.25) is 11.8 Å². The van der Waals surface area contributed by atoms with E-state index in [1.807, 2.05) is 24.3 Å². The van der Waals surface area contributed by atoms with E-state index in [0.29, 0.717) is 13.0 Å². The summed E-state index contributed by atoms with van der Waals surface area (Å²) in [6.45, 7) is 1.16. The molecule has 2 aromatic rings. The van der Waals surface area contributed by atoms with Gasteiger partial charge in [-0.05, 0) is 41.8 Å². The molecule has 6 heteroatoms. The molecule has 2 aromatic carbocycles. The quantitative estimate of drug-likeness (QED) is 0.836. The predicted molar refractivity (Wildman–Crippen MR) is 97.0 cm³/mol. The Labute approximate surface area is 151 Å². The van der Waals surface area contributed by atoms with Crippen LogP contribution in [0, 0.1) is 0 Å². The lowest BCUT2D eigenvalue weighted by molar-refractivity contribution is -0.120. The summed E-state index contributed by atoms with van der Waals surface area (Å²) < 4.78 is 0. The zero-order valence-corrected chi connectivity index (χ0v) is 14.3. The summed E-state index contributed by atoms with van der Waals surface area (Å²) in [5.74, 6) is -0.966. The first kappa shape index (κ1) is 17.7. The molecule has 0 unspecified atom stereocenters. The van der Waals surface area contributed by atoms with E-state index in [4.69, 9.17) is 5.11 Å². The van der Waals surface area contributed by atoms with Gasteiger partial charge >= 0.3 is 5.97 Å². The molecule has 0 aromatic heterocycles. The van der Waals surface area contributed by atoms with Crippen molar-refractivity contribution in [2.24, 2.45) is 0 Å². The van der Waals surface area contributed by atoms with Crippen LogP contribution in [0.15, 0.2) is 48.5 Å². The lowest BCUT2D eigenvalue weighted by Crippen LogP contribution is -2.25. The Bertz CT molecular complexity index is 813. The number of benzene rings is 2. The molecule has 1 fully saturated rings. The van der Waals surface area contributed by atoms with Crippen molar-refractivity contribution in [3.8, 4) is 0 Å². The van der Waals surface area contributed by atoms with Crippen LogP contribution in [0.4, 0.5) is 5.69 Å². The third-order valence-electron chi connectivity index (χ3n) is 4.38. The topological polar surface area (TPSA) is 86.7 Å². The van der Waals surface area contributed by atoms with Crippen molar-refractivity contribution in [1.82, 2.24) is 5.32 Å². The molecule has 1 heterocycles. The second kappa shape index (κ2) is 7.82. The zero-order valence-electron chi connectivity index (χ0n) is 14.3. The van der Waals surface area contributed by atoms with Crippen molar-refractivity contribution in [1.29, 1.82) is 0 Å². The SMILES string of the molecule is O=C(Cc1ccc(C(=O)O)cc1)NCc1ccc(N2CCCC2=O)cc1. The number of carboxylic acid groups (broad SMARTS) is 1. The number of carbonyl (C=O) groups excluding carboxylic acids is 2. The maximum Gasteiger partial charge on any atom is 0.335 e. The first-order valence-electron chi connectivity index (χ1n) is 8.51. The van der Waals surface area contributed by atoms with Gasteiger partial charge in [0.1, 0.15) is 0 Å². The van der Waals surface area contributed by atoms with E-state index in [1.165, 1.54) is 12.1 Å². The second-order valence-electron chi connectivity index (χ2n) is 6.27. The van der Waals surface area contributed by atoms with Crippen molar-refractivity contribution < 1.29 is 19.5 Å². The maximum absolute atomic E-state index is 12.0. The Morgan fingerprint density at radius 3 is 2.23 bits per heavy atom. The molecule has 0 saturated carbocycles. The van der Waals surface area contributed by atoms with Crippen LogP contribution < -0.4 is 10.2 Å². The molecule has 0 bridgehead atoms. The minimum absolute atomic E-state index is 0.133. The van der Waals surface area contributed by atoms with Crippen LogP contribution in [0.25, 0.3) is 0 Å². The highest BCUT2D eigenvalue weighted by Gasteiger charge is 2.21. The van der Waals surface area contributed by atoms with E-state index in [1.54, 1.807) is 17.0 Å². The van der Waals surface area contributed by atoms with Crippen LogP contribution in [-0.4, -0.2) is 29.4 Å². The summed E-state index contributed by atoms with van der Waals surface area (Å²) in [7, 11) is 0. The van der Waals surface area contributed by atoms with Gasteiger partial charge in [-0.25, -0.2) is 4.79 Å². The van der Waals surface area contributed by atoms with Gasteiger partial charge in [0, 0.05) is 25.2 Å². The molecule has 3 rings (SSSR count). The van der Waals surface area contributed by atoms with E-state index in [9.17, 15) is 14.4 Å². The molecule has 26 heavy (non-hydrogen) atoms. The van der Waals surface area contributed by atoms with Gasteiger partial charge in [-0.1, -0.05) is 24.3 Å². The average molecular weight is 352 g/mol. The molecule has 134 valence electrons. The van der Waals surface area contributed by atoms with Crippen LogP contribution >= 0.6 is 0 Å². The number of hydrogen-bond acceptors (Lipinski definition) is 3. The molecular formula is C20H20N2O4. The molecule has 2 N–H and O–H groups in total. The van der Waals surface area contributed by atoms with E-state index in [-0.39, 0.29) is 23.8 Å². The molecule has 2 amide bonds. The fourth-order valence-corrected chi connectivity index (χ4v) is 2.93. The molecule has 0 aliphatic carbocycles. The Kier molecular flexibility index (Phi) is 5.31. The average Bonchev–Trinajstić information content (AvgIpc) is 3.07. The monoisotopic (exact) mass is 352 g/mol. The van der Waals surface area contributed by atoms with Gasteiger partial charge in [-0.2, -0.15) is 0 Å². The summed E-state index contributed by atoms with van der Waals surface area (Å²) in [6, 6.07) is 13.9. The molecular weight excluding hydrogens is 332 g/mol.